The minimum atomic E-state index is -0.236. The van der Waals surface area contributed by atoms with Crippen LogP contribution in [0.25, 0.3) is 11.3 Å². The highest BCUT2D eigenvalue weighted by molar-refractivity contribution is 6.04. The minimum Gasteiger partial charge on any atom is -0.497 e. The predicted octanol–water partition coefficient (Wildman–Crippen LogP) is 5.47. The van der Waals surface area contributed by atoms with Gasteiger partial charge in [-0.1, -0.05) is 23.8 Å². The molecule has 0 bridgehead atoms. The van der Waals surface area contributed by atoms with Gasteiger partial charge < -0.3 is 20.1 Å². The van der Waals surface area contributed by atoms with Gasteiger partial charge in [0.25, 0.3) is 5.91 Å². The van der Waals surface area contributed by atoms with Crippen molar-refractivity contribution in [2.45, 2.75) is 6.92 Å². The van der Waals surface area contributed by atoms with Gasteiger partial charge in [-0.2, -0.15) is 0 Å². The Labute approximate surface area is 192 Å². The van der Waals surface area contributed by atoms with E-state index >= 15 is 0 Å². The number of ether oxygens (including phenoxy) is 2. The molecule has 1 heterocycles. The number of aryl methyl sites for hydroxylation is 1. The number of amides is 1. The van der Waals surface area contributed by atoms with Gasteiger partial charge in [0.2, 0.25) is 0 Å². The first-order chi connectivity index (χ1) is 16.0. The maximum atomic E-state index is 12.7. The van der Waals surface area contributed by atoms with E-state index in [1.54, 1.807) is 44.6 Å². The highest BCUT2D eigenvalue weighted by Crippen LogP contribution is 2.26. The van der Waals surface area contributed by atoms with Gasteiger partial charge in [0.05, 0.1) is 19.9 Å². The molecule has 0 aliphatic carbocycles. The van der Waals surface area contributed by atoms with Crippen molar-refractivity contribution >= 4 is 23.1 Å². The lowest BCUT2D eigenvalue weighted by Crippen LogP contribution is -2.12. The Balaban J connectivity index is 1.46. The number of aromatic nitrogens is 2. The zero-order valence-electron chi connectivity index (χ0n) is 18.6. The van der Waals surface area contributed by atoms with Gasteiger partial charge in [-0.3, -0.25) is 4.79 Å². The molecular weight excluding hydrogens is 416 g/mol. The second-order valence-electron chi connectivity index (χ2n) is 7.42. The average Bonchev–Trinajstić information content (AvgIpc) is 2.84. The molecule has 166 valence electrons. The van der Waals surface area contributed by atoms with E-state index in [0.29, 0.717) is 28.6 Å². The molecule has 7 heteroatoms. The summed E-state index contributed by atoms with van der Waals surface area (Å²) in [4.78, 5) is 21.4. The topological polar surface area (TPSA) is 85.4 Å². The van der Waals surface area contributed by atoms with Crippen LogP contribution in [0.1, 0.15) is 15.9 Å². The van der Waals surface area contributed by atoms with E-state index in [-0.39, 0.29) is 5.91 Å². The van der Waals surface area contributed by atoms with Gasteiger partial charge in [-0.05, 0) is 37.3 Å². The molecular formula is C26H24N4O3. The van der Waals surface area contributed by atoms with Crippen LogP contribution in [-0.4, -0.2) is 30.1 Å². The largest absolute Gasteiger partial charge is 0.497 e. The van der Waals surface area contributed by atoms with E-state index in [0.717, 1.165) is 16.9 Å². The quantitative estimate of drug-likeness (QED) is 0.397. The summed E-state index contributed by atoms with van der Waals surface area (Å²) < 4.78 is 10.5. The van der Waals surface area contributed by atoms with Crippen LogP contribution in [0, 0.1) is 6.92 Å². The van der Waals surface area contributed by atoms with Crippen LogP contribution in [-0.2, 0) is 0 Å². The van der Waals surface area contributed by atoms with Gasteiger partial charge >= 0.3 is 0 Å². The van der Waals surface area contributed by atoms with Crippen molar-refractivity contribution in [3.63, 3.8) is 0 Å². The highest BCUT2D eigenvalue weighted by Gasteiger charge is 2.09. The number of nitrogens with one attached hydrogen (secondary N) is 2. The molecule has 3 aromatic carbocycles. The van der Waals surface area contributed by atoms with Gasteiger partial charge in [-0.15, -0.1) is 0 Å². The first kappa shape index (κ1) is 21.8. The van der Waals surface area contributed by atoms with Crippen molar-refractivity contribution in [3.05, 3.63) is 90.3 Å². The molecule has 0 atom stereocenters. The molecule has 7 nitrogen and oxygen atoms in total. The molecule has 0 radical (unpaired) electrons. The van der Waals surface area contributed by atoms with E-state index in [1.807, 2.05) is 43.3 Å². The van der Waals surface area contributed by atoms with Gasteiger partial charge in [0.1, 0.15) is 23.6 Å². The van der Waals surface area contributed by atoms with E-state index in [4.69, 9.17) is 9.47 Å². The number of carbonyl (C=O) groups is 1. The Morgan fingerprint density at radius 2 is 1.55 bits per heavy atom. The second-order valence-corrected chi connectivity index (χ2v) is 7.42. The Kier molecular flexibility index (Phi) is 6.50. The zero-order valence-corrected chi connectivity index (χ0v) is 18.6. The number of methoxy groups -OCH3 is 2. The lowest BCUT2D eigenvalue weighted by Gasteiger charge is -2.11. The normalized spacial score (nSPS) is 10.4. The van der Waals surface area contributed by atoms with E-state index < -0.39 is 0 Å². The van der Waals surface area contributed by atoms with E-state index in [1.165, 1.54) is 11.9 Å². The van der Waals surface area contributed by atoms with Gasteiger partial charge in [0, 0.05) is 46.8 Å². The standard InChI is InChI=1S/C26H24N4O3/c1-17-5-4-6-19(11-17)24-15-25(28-16-27-24)29-20-9-7-18(8-10-20)26(31)30-21-12-22(32-2)14-23(13-21)33-3/h4-16H,1-3H3,(H,30,31)(H,27,28,29). The smallest absolute Gasteiger partial charge is 0.255 e. The van der Waals surface area contributed by atoms with Crippen molar-refractivity contribution in [3.8, 4) is 22.8 Å². The molecule has 2 N–H and O–H groups in total. The first-order valence-electron chi connectivity index (χ1n) is 10.3. The minimum absolute atomic E-state index is 0.236. The summed E-state index contributed by atoms with van der Waals surface area (Å²) in [6.45, 7) is 2.05. The van der Waals surface area contributed by atoms with Gasteiger partial charge in [0.15, 0.2) is 0 Å². The second kappa shape index (κ2) is 9.82. The number of hydrogen-bond acceptors (Lipinski definition) is 6. The molecule has 0 fully saturated rings. The van der Waals surface area contributed by atoms with Crippen molar-refractivity contribution in [2.75, 3.05) is 24.9 Å². The molecule has 1 aromatic heterocycles. The number of benzene rings is 3. The third-order valence-corrected chi connectivity index (χ3v) is 5.01. The molecule has 0 unspecified atom stereocenters. The lowest BCUT2D eigenvalue weighted by atomic mass is 10.1. The Bertz CT molecular complexity index is 1250. The zero-order chi connectivity index (χ0) is 23.2. The van der Waals surface area contributed by atoms with Crippen LogP contribution in [0.3, 0.4) is 0 Å². The fraction of sp³-hybridized carbons (Fsp3) is 0.115. The maximum Gasteiger partial charge on any atom is 0.255 e. The van der Waals surface area contributed by atoms with Crippen LogP contribution < -0.4 is 20.1 Å². The Hall–Kier alpha value is -4.39. The summed E-state index contributed by atoms with van der Waals surface area (Å²) in [7, 11) is 3.13. The molecule has 4 aromatic rings. The fourth-order valence-electron chi connectivity index (χ4n) is 3.32. The van der Waals surface area contributed by atoms with Crippen LogP contribution in [0.2, 0.25) is 0 Å². The Morgan fingerprint density at radius 1 is 0.818 bits per heavy atom. The monoisotopic (exact) mass is 440 g/mol. The van der Waals surface area contributed by atoms with Crippen molar-refractivity contribution in [2.24, 2.45) is 0 Å². The molecule has 0 aliphatic heterocycles. The third kappa shape index (κ3) is 5.46. The van der Waals surface area contributed by atoms with Crippen LogP contribution >= 0.6 is 0 Å². The SMILES string of the molecule is COc1cc(NC(=O)c2ccc(Nc3cc(-c4cccc(C)c4)ncn3)cc2)cc(OC)c1. The summed E-state index contributed by atoms with van der Waals surface area (Å²) in [5, 5.41) is 6.13. The predicted molar refractivity (Wildman–Crippen MR) is 129 cm³/mol. The third-order valence-electron chi connectivity index (χ3n) is 5.01. The molecule has 4 rings (SSSR count). The molecule has 0 saturated heterocycles. The highest BCUT2D eigenvalue weighted by atomic mass is 16.5. The average molecular weight is 441 g/mol. The molecule has 0 spiro atoms. The number of anilines is 3. The summed E-state index contributed by atoms with van der Waals surface area (Å²) >= 11 is 0. The molecule has 1 amide bonds. The summed E-state index contributed by atoms with van der Waals surface area (Å²) in [5.74, 6) is 1.63. The summed E-state index contributed by atoms with van der Waals surface area (Å²) in [6.07, 6.45) is 1.53. The number of nitrogens with zero attached hydrogens (tertiary/aromatic N) is 2. The van der Waals surface area contributed by atoms with Crippen LogP contribution in [0.4, 0.5) is 17.2 Å². The molecule has 0 aliphatic rings. The van der Waals surface area contributed by atoms with Crippen LogP contribution in [0.15, 0.2) is 79.1 Å². The number of rotatable bonds is 7. The van der Waals surface area contributed by atoms with E-state index in [2.05, 4.69) is 26.7 Å². The number of hydrogen-bond donors (Lipinski definition) is 2. The van der Waals surface area contributed by atoms with Gasteiger partial charge in [-0.25, -0.2) is 9.97 Å². The van der Waals surface area contributed by atoms with Crippen LogP contribution in [0.5, 0.6) is 11.5 Å². The molecule has 33 heavy (non-hydrogen) atoms. The fourth-order valence-corrected chi connectivity index (χ4v) is 3.32. The van der Waals surface area contributed by atoms with Crippen molar-refractivity contribution in [1.82, 2.24) is 9.97 Å². The van der Waals surface area contributed by atoms with Crippen molar-refractivity contribution < 1.29 is 14.3 Å². The van der Waals surface area contributed by atoms with E-state index in [9.17, 15) is 4.79 Å². The lowest BCUT2D eigenvalue weighted by molar-refractivity contribution is 0.102. The first-order valence-corrected chi connectivity index (χ1v) is 10.3. The molecule has 0 saturated carbocycles. The summed E-state index contributed by atoms with van der Waals surface area (Å²) in [6, 6.07) is 22.4. The Morgan fingerprint density at radius 3 is 2.21 bits per heavy atom. The summed E-state index contributed by atoms with van der Waals surface area (Å²) in [5.41, 5.74) is 4.95. The maximum absolute atomic E-state index is 12.7. The van der Waals surface area contributed by atoms with Crippen molar-refractivity contribution in [1.29, 1.82) is 0 Å². The number of carbonyl (C=O) groups excluding carboxylic acids is 1.